The second-order valence-corrected chi connectivity index (χ2v) is 7.78. The lowest BCUT2D eigenvalue weighted by Crippen LogP contribution is -2.42. The Morgan fingerprint density at radius 1 is 0.812 bits per heavy atom. The third kappa shape index (κ3) is 5.39. The predicted octanol–water partition coefficient (Wildman–Crippen LogP) is 3.11. The third-order valence-electron chi connectivity index (χ3n) is 4.85. The molecule has 0 spiro atoms. The van der Waals surface area contributed by atoms with Crippen molar-refractivity contribution < 1.29 is 28.5 Å². The molecule has 3 heterocycles. The van der Waals surface area contributed by atoms with Crippen LogP contribution in [0.5, 0.6) is 11.6 Å². The van der Waals surface area contributed by atoms with Crippen LogP contribution in [0.4, 0.5) is 9.59 Å². The van der Waals surface area contributed by atoms with Crippen LogP contribution >= 0.6 is 23.2 Å². The van der Waals surface area contributed by atoms with Crippen molar-refractivity contribution in [1.82, 2.24) is 20.0 Å². The summed E-state index contributed by atoms with van der Waals surface area (Å²) in [5.41, 5.74) is 1.01. The summed E-state index contributed by atoms with van der Waals surface area (Å²) in [6.07, 6.45) is -1.05. The molecule has 2 fully saturated rings. The molecule has 0 aliphatic carbocycles. The lowest BCUT2D eigenvalue weighted by molar-refractivity contribution is 0.0411. The number of hydrogen-bond donors (Lipinski definition) is 0. The number of aromatic nitrogens is 2. The van der Waals surface area contributed by atoms with Gasteiger partial charge in [0.25, 0.3) is 0 Å². The molecule has 10 nitrogen and oxygen atoms in total. The SMILES string of the molecule is O=C(Oc1ccc(-c2cc(Cl)c(OC(=O)N3CCOCC3)c(Cl)c2)nn1)N1CCOCC1. The van der Waals surface area contributed by atoms with E-state index in [2.05, 4.69) is 10.2 Å². The fraction of sp³-hybridized carbons (Fsp3) is 0.400. The standard InChI is InChI=1S/C20H20Cl2N4O6/c21-14-11-13(12-15(22)18(14)32-20(28)26-5-9-30-10-6-26)16-1-2-17(24-23-16)31-19(27)25-3-7-29-8-4-25/h1-2,11-12H,3-10H2. The molecule has 2 aliphatic rings. The molecule has 170 valence electrons. The van der Waals surface area contributed by atoms with Crippen molar-refractivity contribution >= 4 is 35.4 Å². The molecule has 0 radical (unpaired) electrons. The first-order valence-electron chi connectivity index (χ1n) is 9.93. The van der Waals surface area contributed by atoms with Crippen LogP contribution in [0.2, 0.25) is 10.0 Å². The summed E-state index contributed by atoms with van der Waals surface area (Å²) >= 11 is 12.6. The minimum absolute atomic E-state index is 0.0672. The van der Waals surface area contributed by atoms with E-state index < -0.39 is 12.2 Å². The lowest BCUT2D eigenvalue weighted by Gasteiger charge is -2.26. The van der Waals surface area contributed by atoms with Crippen LogP contribution in [0, 0.1) is 0 Å². The Bertz CT molecular complexity index is 956. The number of hydrogen-bond acceptors (Lipinski definition) is 8. The van der Waals surface area contributed by atoms with Crippen LogP contribution in [0.3, 0.4) is 0 Å². The lowest BCUT2D eigenvalue weighted by atomic mass is 10.1. The van der Waals surface area contributed by atoms with Crippen LogP contribution in [0.1, 0.15) is 0 Å². The van der Waals surface area contributed by atoms with Crippen LogP contribution in [-0.2, 0) is 9.47 Å². The first-order chi connectivity index (χ1) is 15.5. The monoisotopic (exact) mass is 482 g/mol. The zero-order valence-corrected chi connectivity index (χ0v) is 18.5. The van der Waals surface area contributed by atoms with Gasteiger partial charge in [0.2, 0.25) is 5.88 Å². The van der Waals surface area contributed by atoms with Crippen molar-refractivity contribution in [2.75, 3.05) is 52.6 Å². The Balaban J connectivity index is 1.43. The van der Waals surface area contributed by atoms with Gasteiger partial charge in [-0.3, -0.25) is 0 Å². The summed E-state index contributed by atoms with van der Waals surface area (Å²) < 4.78 is 21.1. The van der Waals surface area contributed by atoms with E-state index in [0.29, 0.717) is 63.9 Å². The molecule has 0 saturated carbocycles. The van der Waals surface area contributed by atoms with E-state index in [1.807, 2.05) is 0 Å². The molecule has 32 heavy (non-hydrogen) atoms. The van der Waals surface area contributed by atoms with Gasteiger partial charge in [-0.05, 0) is 18.2 Å². The summed E-state index contributed by atoms with van der Waals surface area (Å²) in [7, 11) is 0. The highest BCUT2D eigenvalue weighted by Gasteiger charge is 2.22. The second kappa shape index (κ2) is 10.3. The number of ether oxygens (including phenoxy) is 4. The quantitative estimate of drug-likeness (QED) is 0.656. The smallest absolute Gasteiger partial charge is 0.407 e. The van der Waals surface area contributed by atoms with E-state index in [1.54, 1.807) is 18.2 Å². The molecule has 1 aromatic heterocycles. The van der Waals surface area contributed by atoms with E-state index in [-0.39, 0.29) is 21.7 Å². The summed E-state index contributed by atoms with van der Waals surface area (Å²) in [4.78, 5) is 27.5. The van der Waals surface area contributed by atoms with Crippen LogP contribution in [-0.4, -0.2) is 84.8 Å². The van der Waals surface area contributed by atoms with E-state index in [4.69, 9.17) is 42.1 Å². The van der Waals surface area contributed by atoms with E-state index >= 15 is 0 Å². The highest BCUT2D eigenvalue weighted by atomic mass is 35.5. The number of morpholine rings is 2. The molecule has 0 N–H and O–H groups in total. The van der Waals surface area contributed by atoms with Gasteiger partial charge in [0.15, 0.2) is 5.75 Å². The summed E-state index contributed by atoms with van der Waals surface area (Å²) in [5, 5.41) is 8.32. The van der Waals surface area contributed by atoms with Gasteiger partial charge < -0.3 is 28.7 Å². The summed E-state index contributed by atoms with van der Waals surface area (Å²) in [5.74, 6) is 0.135. The van der Waals surface area contributed by atoms with Crippen molar-refractivity contribution in [3.8, 4) is 22.9 Å². The molecule has 0 bridgehead atoms. The van der Waals surface area contributed by atoms with Crippen molar-refractivity contribution in [1.29, 1.82) is 0 Å². The largest absolute Gasteiger partial charge is 0.416 e. The molecular formula is C20H20Cl2N4O6. The van der Waals surface area contributed by atoms with Crippen LogP contribution in [0.15, 0.2) is 24.3 Å². The van der Waals surface area contributed by atoms with Crippen molar-refractivity contribution in [3.63, 3.8) is 0 Å². The van der Waals surface area contributed by atoms with Gasteiger partial charge in [0.1, 0.15) is 0 Å². The number of nitrogens with zero attached hydrogens (tertiary/aromatic N) is 4. The fourth-order valence-electron chi connectivity index (χ4n) is 3.13. The Morgan fingerprint density at radius 3 is 1.84 bits per heavy atom. The van der Waals surface area contributed by atoms with E-state index in [9.17, 15) is 9.59 Å². The maximum absolute atomic E-state index is 12.3. The Morgan fingerprint density at radius 2 is 1.34 bits per heavy atom. The first kappa shape index (κ1) is 22.5. The number of benzene rings is 1. The summed E-state index contributed by atoms with van der Waals surface area (Å²) in [6, 6.07) is 6.28. The van der Waals surface area contributed by atoms with Gasteiger partial charge in [0, 0.05) is 37.8 Å². The first-order valence-corrected chi connectivity index (χ1v) is 10.7. The minimum Gasteiger partial charge on any atom is -0.407 e. The molecule has 1 aromatic carbocycles. The van der Waals surface area contributed by atoms with E-state index in [0.717, 1.165) is 0 Å². The maximum atomic E-state index is 12.3. The van der Waals surface area contributed by atoms with Gasteiger partial charge in [0.05, 0.1) is 42.2 Å². The highest BCUT2D eigenvalue weighted by Crippen LogP contribution is 2.37. The van der Waals surface area contributed by atoms with Gasteiger partial charge in [-0.15, -0.1) is 10.2 Å². The Labute approximate surface area is 193 Å². The molecule has 12 heteroatoms. The molecule has 0 atom stereocenters. The average Bonchev–Trinajstić information content (AvgIpc) is 2.82. The number of amides is 2. The predicted molar refractivity (Wildman–Crippen MR) is 114 cm³/mol. The highest BCUT2D eigenvalue weighted by molar-refractivity contribution is 6.37. The van der Waals surface area contributed by atoms with Crippen molar-refractivity contribution in [2.24, 2.45) is 0 Å². The molecule has 0 unspecified atom stereocenters. The maximum Gasteiger partial charge on any atom is 0.416 e. The molecule has 4 rings (SSSR count). The van der Waals surface area contributed by atoms with Crippen molar-refractivity contribution in [2.45, 2.75) is 0 Å². The molecule has 2 aromatic rings. The minimum atomic E-state index is -0.545. The third-order valence-corrected chi connectivity index (χ3v) is 5.42. The van der Waals surface area contributed by atoms with Crippen LogP contribution < -0.4 is 9.47 Å². The average molecular weight is 483 g/mol. The van der Waals surface area contributed by atoms with E-state index in [1.165, 1.54) is 15.9 Å². The Hall–Kier alpha value is -2.66. The zero-order chi connectivity index (χ0) is 22.5. The normalized spacial score (nSPS) is 16.6. The molecule has 2 saturated heterocycles. The number of halogens is 2. The second-order valence-electron chi connectivity index (χ2n) is 6.96. The number of carbonyl (C=O) groups excluding carboxylic acids is 2. The summed E-state index contributed by atoms with van der Waals surface area (Å²) in [6.45, 7) is 3.64. The number of carbonyl (C=O) groups is 2. The van der Waals surface area contributed by atoms with Crippen LogP contribution in [0.25, 0.3) is 11.3 Å². The zero-order valence-electron chi connectivity index (χ0n) is 17.0. The van der Waals surface area contributed by atoms with Gasteiger partial charge in [-0.2, -0.15) is 0 Å². The van der Waals surface area contributed by atoms with Gasteiger partial charge >= 0.3 is 12.2 Å². The molecule has 2 aliphatic heterocycles. The molecule has 2 amide bonds. The van der Waals surface area contributed by atoms with Crippen molar-refractivity contribution in [3.05, 3.63) is 34.3 Å². The Kier molecular flexibility index (Phi) is 7.26. The molecular weight excluding hydrogens is 463 g/mol. The number of rotatable bonds is 3. The van der Waals surface area contributed by atoms with Gasteiger partial charge in [-0.1, -0.05) is 23.2 Å². The topological polar surface area (TPSA) is 103 Å². The fourth-order valence-corrected chi connectivity index (χ4v) is 3.70. The van der Waals surface area contributed by atoms with Gasteiger partial charge in [-0.25, -0.2) is 9.59 Å².